The number of para-hydroxylation sites is 1. The minimum atomic E-state index is 0.615. The van der Waals surface area contributed by atoms with E-state index in [1.165, 1.54) is 19.3 Å². The summed E-state index contributed by atoms with van der Waals surface area (Å²) in [5.74, 6) is 1.61. The maximum atomic E-state index is 5.00. The molecule has 0 saturated carbocycles. The van der Waals surface area contributed by atoms with E-state index in [1.807, 2.05) is 6.07 Å². The molecule has 0 amide bonds. The van der Waals surface area contributed by atoms with Crippen molar-refractivity contribution in [1.29, 1.82) is 0 Å². The van der Waals surface area contributed by atoms with Crippen molar-refractivity contribution in [3.05, 3.63) is 54.6 Å². The standard InChI is InChI=1S/C22H25N5/c1-2-6-17(7-3-1)21-18-8-4-5-9-20(18)24-22(25-21)27-14-11-16(12-15-27)19-10-13-23-26-19/h1-9,16,19,23,26H,10-15H2. The fraction of sp³-hybridized carbons (Fsp3) is 0.364. The van der Waals surface area contributed by atoms with Gasteiger partial charge in [-0.3, -0.25) is 10.9 Å². The Morgan fingerprint density at radius 1 is 0.852 bits per heavy atom. The summed E-state index contributed by atoms with van der Waals surface area (Å²) in [7, 11) is 0. The second-order valence-electron chi connectivity index (χ2n) is 7.55. The Labute approximate surface area is 159 Å². The number of benzene rings is 2. The highest BCUT2D eigenvalue weighted by atomic mass is 15.4. The van der Waals surface area contributed by atoms with Gasteiger partial charge in [-0.2, -0.15) is 0 Å². The molecule has 27 heavy (non-hydrogen) atoms. The number of fused-ring (bicyclic) bond motifs is 1. The number of nitrogens with one attached hydrogen (secondary N) is 2. The molecule has 2 N–H and O–H groups in total. The number of hydrogen-bond acceptors (Lipinski definition) is 5. The lowest BCUT2D eigenvalue weighted by Crippen LogP contribution is -2.43. The van der Waals surface area contributed by atoms with Crippen LogP contribution in [0, 0.1) is 5.92 Å². The number of rotatable bonds is 3. The van der Waals surface area contributed by atoms with Gasteiger partial charge in [-0.15, -0.1) is 0 Å². The molecule has 5 heteroatoms. The molecular weight excluding hydrogens is 334 g/mol. The molecule has 2 aliphatic rings. The van der Waals surface area contributed by atoms with E-state index in [0.717, 1.165) is 53.7 Å². The first-order valence-electron chi connectivity index (χ1n) is 9.94. The summed E-state index contributed by atoms with van der Waals surface area (Å²) in [5.41, 5.74) is 9.90. The van der Waals surface area contributed by atoms with E-state index in [9.17, 15) is 0 Å². The van der Waals surface area contributed by atoms with Gasteiger partial charge in [-0.25, -0.2) is 9.97 Å². The van der Waals surface area contributed by atoms with E-state index in [0.29, 0.717) is 6.04 Å². The number of hydrogen-bond donors (Lipinski definition) is 2. The third-order valence-electron chi connectivity index (χ3n) is 5.90. The first kappa shape index (κ1) is 16.7. The van der Waals surface area contributed by atoms with Crippen LogP contribution in [0.15, 0.2) is 54.6 Å². The Morgan fingerprint density at radius 2 is 1.63 bits per heavy atom. The fourth-order valence-corrected chi connectivity index (χ4v) is 4.38. The number of nitrogens with zero attached hydrogens (tertiary/aromatic N) is 3. The maximum absolute atomic E-state index is 5.00. The largest absolute Gasteiger partial charge is 0.341 e. The molecule has 1 unspecified atom stereocenters. The van der Waals surface area contributed by atoms with Gasteiger partial charge in [0.15, 0.2) is 0 Å². The van der Waals surface area contributed by atoms with Crippen molar-refractivity contribution < 1.29 is 0 Å². The van der Waals surface area contributed by atoms with Crippen molar-refractivity contribution >= 4 is 16.9 Å². The molecule has 138 valence electrons. The highest BCUT2D eigenvalue weighted by Gasteiger charge is 2.29. The van der Waals surface area contributed by atoms with Crippen LogP contribution in [-0.2, 0) is 0 Å². The Kier molecular flexibility index (Phi) is 4.47. The van der Waals surface area contributed by atoms with Crippen LogP contribution < -0.4 is 15.8 Å². The van der Waals surface area contributed by atoms with Gasteiger partial charge < -0.3 is 4.90 Å². The van der Waals surface area contributed by atoms with Gasteiger partial charge in [-0.05, 0) is 31.2 Å². The van der Waals surface area contributed by atoms with Crippen LogP contribution >= 0.6 is 0 Å². The third kappa shape index (κ3) is 3.29. The minimum absolute atomic E-state index is 0.615. The molecule has 5 nitrogen and oxygen atoms in total. The number of hydrazine groups is 1. The molecule has 1 aromatic heterocycles. The first-order chi connectivity index (χ1) is 13.4. The zero-order valence-corrected chi connectivity index (χ0v) is 15.4. The van der Waals surface area contributed by atoms with Crippen LogP contribution in [0.1, 0.15) is 19.3 Å². The van der Waals surface area contributed by atoms with Crippen LogP contribution in [0.25, 0.3) is 22.2 Å². The molecule has 0 bridgehead atoms. The van der Waals surface area contributed by atoms with E-state index in [4.69, 9.17) is 9.97 Å². The Morgan fingerprint density at radius 3 is 2.41 bits per heavy atom. The molecule has 1 atom stereocenters. The van der Waals surface area contributed by atoms with E-state index in [-0.39, 0.29) is 0 Å². The summed E-state index contributed by atoms with van der Waals surface area (Å²) < 4.78 is 0. The van der Waals surface area contributed by atoms with Crippen molar-refractivity contribution in [3.8, 4) is 11.3 Å². The summed E-state index contributed by atoms with van der Waals surface area (Å²) in [5, 5.41) is 1.11. The smallest absolute Gasteiger partial charge is 0.226 e. The normalized spacial score (nSPS) is 21.0. The van der Waals surface area contributed by atoms with E-state index >= 15 is 0 Å². The summed E-state index contributed by atoms with van der Waals surface area (Å²) in [6.07, 6.45) is 3.61. The molecule has 2 aromatic carbocycles. The van der Waals surface area contributed by atoms with Crippen molar-refractivity contribution in [2.45, 2.75) is 25.3 Å². The van der Waals surface area contributed by atoms with Crippen LogP contribution in [0.4, 0.5) is 5.95 Å². The van der Waals surface area contributed by atoms with E-state index in [1.54, 1.807) is 0 Å². The zero-order valence-electron chi connectivity index (χ0n) is 15.4. The molecule has 2 fully saturated rings. The number of piperidine rings is 1. The van der Waals surface area contributed by atoms with Gasteiger partial charge in [0.1, 0.15) is 0 Å². The molecule has 0 aliphatic carbocycles. The summed E-state index contributed by atoms with van der Waals surface area (Å²) >= 11 is 0. The number of aromatic nitrogens is 2. The van der Waals surface area contributed by atoms with E-state index < -0.39 is 0 Å². The van der Waals surface area contributed by atoms with Crippen LogP contribution in [0.5, 0.6) is 0 Å². The molecule has 2 saturated heterocycles. The Hall–Kier alpha value is -2.50. The minimum Gasteiger partial charge on any atom is -0.341 e. The molecular formula is C22H25N5. The Bertz CT molecular complexity index is 912. The summed E-state index contributed by atoms with van der Waals surface area (Å²) in [6.45, 7) is 3.13. The van der Waals surface area contributed by atoms with Gasteiger partial charge in [0, 0.05) is 36.6 Å². The van der Waals surface area contributed by atoms with Crippen LogP contribution in [0.2, 0.25) is 0 Å². The maximum Gasteiger partial charge on any atom is 0.226 e. The highest BCUT2D eigenvalue weighted by molar-refractivity contribution is 5.93. The molecule has 3 heterocycles. The molecule has 0 spiro atoms. The quantitative estimate of drug-likeness (QED) is 0.751. The summed E-state index contributed by atoms with van der Waals surface area (Å²) in [6, 6.07) is 19.4. The third-order valence-corrected chi connectivity index (χ3v) is 5.90. The van der Waals surface area contributed by atoms with Crippen molar-refractivity contribution in [1.82, 2.24) is 20.8 Å². The average Bonchev–Trinajstić information content (AvgIpc) is 3.29. The molecule has 2 aliphatic heterocycles. The van der Waals surface area contributed by atoms with Gasteiger partial charge >= 0.3 is 0 Å². The first-order valence-corrected chi connectivity index (χ1v) is 9.94. The molecule has 0 radical (unpaired) electrons. The monoisotopic (exact) mass is 359 g/mol. The topological polar surface area (TPSA) is 53.1 Å². The Balaban J connectivity index is 1.45. The van der Waals surface area contributed by atoms with Gasteiger partial charge in [-0.1, -0.05) is 48.5 Å². The zero-order chi connectivity index (χ0) is 18.1. The van der Waals surface area contributed by atoms with Crippen molar-refractivity contribution in [2.24, 2.45) is 5.92 Å². The molecule has 3 aromatic rings. The van der Waals surface area contributed by atoms with Crippen LogP contribution in [0.3, 0.4) is 0 Å². The predicted octanol–water partition coefficient (Wildman–Crippen LogP) is 3.38. The molecule has 5 rings (SSSR count). The van der Waals surface area contributed by atoms with Crippen molar-refractivity contribution in [3.63, 3.8) is 0 Å². The SMILES string of the molecule is c1ccc(-c2nc(N3CCC(C4CCNN4)CC3)nc3ccccc23)cc1. The number of anilines is 1. The van der Waals surface area contributed by atoms with Crippen molar-refractivity contribution in [2.75, 3.05) is 24.5 Å². The van der Waals surface area contributed by atoms with Crippen LogP contribution in [-0.4, -0.2) is 35.6 Å². The fourth-order valence-electron chi connectivity index (χ4n) is 4.38. The van der Waals surface area contributed by atoms with Gasteiger partial charge in [0.05, 0.1) is 11.2 Å². The average molecular weight is 359 g/mol. The van der Waals surface area contributed by atoms with E-state index in [2.05, 4.69) is 64.3 Å². The van der Waals surface area contributed by atoms with Gasteiger partial charge in [0.2, 0.25) is 5.95 Å². The lowest BCUT2D eigenvalue weighted by atomic mass is 9.89. The predicted molar refractivity (Wildman–Crippen MR) is 109 cm³/mol. The highest BCUT2D eigenvalue weighted by Crippen LogP contribution is 2.30. The van der Waals surface area contributed by atoms with Gasteiger partial charge in [0.25, 0.3) is 0 Å². The lowest BCUT2D eigenvalue weighted by molar-refractivity contribution is 0.310. The summed E-state index contributed by atoms with van der Waals surface area (Å²) in [4.78, 5) is 12.3. The second-order valence-corrected chi connectivity index (χ2v) is 7.55. The second kappa shape index (κ2) is 7.25. The lowest BCUT2D eigenvalue weighted by Gasteiger charge is -2.34.